The molecule has 0 radical (unpaired) electrons. The third-order valence-corrected chi connectivity index (χ3v) is 2.84. The van der Waals surface area contributed by atoms with Crippen LogP contribution >= 0.6 is 0 Å². The molecule has 0 aliphatic carbocycles. The average molecular weight is 215 g/mol. The molecule has 1 aliphatic heterocycles. The zero-order valence-corrected chi connectivity index (χ0v) is 10.5. The molecule has 0 saturated carbocycles. The first kappa shape index (κ1) is 12.9. The molecular formula is C12H25NO2. The Kier molecular flexibility index (Phi) is 5.58. The van der Waals surface area contributed by atoms with E-state index in [9.17, 15) is 0 Å². The molecule has 3 nitrogen and oxygen atoms in total. The van der Waals surface area contributed by atoms with Crippen LogP contribution in [0.25, 0.3) is 0 Å². The highest BCUT2D eigenvalue weighted by atomic mass is 16.5. The van der Waals surface area contributed by atoms with Gasteiger partial charge >= 0.3 is 0 Å². The van der Waals surface area contributed by atoms with Crippen LogP contribution in [0.3, 0.4) is 0 Å². The molecule has 1 fully saturated rings. The second kappa shape index (κ2) is 6.46. The molecule has 0 aromatic carbocycles. The van der Waals surface area contributed by atoms with E-state index in [1.165, 1.54) is 0 Å². The van der Waals surface area contributed by atoms with Gasteiger partial charge in [0.25, 0.3) is 0 Å². The number of ether oxygens (including phenoxy) is 2. The van der Waals surface area contributed by atoms with Crippen LogP contribution in [0.4, 0.5) is 0 Å². The first-order chi connectivity index (χ1) is 7.11. The van der Waals surface area contributed by atoms with Gasteiger partial charge in [-0.15, -0.1) is 0 Å². The van der Waals surface area contributed by atoms with Crippen molar-refractivity contribution in [3.8, 4) is 0 Å². The fraction of sp³-hybridized carbons (Fsp3) is 1.00. The SMILES string of the molecule is CCOC(C)CNC1CC(C)OC(C)C1. The fourth-order valence-corrected chi connectivity index (χ4v) is 2.25. The second-order valence-corrected chi connectivity index (χ2v) is 4.60. The van der Waals surface area contributed by atoms with E-state index >= 15 is 0 Å². The van der Waals surface area contributed by atoms with Gasteiger partial charge in [0.1, 0.15) is 0 Å². The molecule has 0 amide bonds. The van der Waals surface area contributed by atoms with Crippen LogP contribution in [0.15, 0.2) is 0 Å². The zero-order valence-electron chi connectivity index (χ0n) is 10.5. The lowest BCUT2D eigenvalue weighted by Crippen LogP contribution is -2.43. The maximum atomic E-state index is 5.70. The van der Waals surface area contributed by atoms with Crippen molar-refractivity contribution in [1.82, 2.24) is 5.32 Å². The van der Waals surface area contributed by atoms with Crippen LogP contribution in [0.2, 0.25) is 0 Å². The molecule has 3 atom stereocenters. The quantitative estimate of drug-likeness (QED) is 0.760. The highest BCUT2D eigenvalue weighted by Crippen LogP contribution is 2.18. The van der Waals surface area contributed by atoms with Crippen molar-refractivity contribution in [2.24, 2.45) is 0 Å². The minimum Gasteiger partial charge on any atom is -0.377 e. The Hall–Kier alpha value is -0.120. The Morgan fingerprint density at radius 3 is 2.47 bits per heavy atom. The summed E-state index contributed by atoms with van der Waals surface area (Å²) in [7, 11) is 0. The van der Waals surface area contributed by atoms with E-state index in [1.807, 2.05) is 6.92 Å². The molecular weight excluding hydrogens is 190 g/mol. The Bertz CT molecular complexity index is 165. The van der Waals surface area contributed by atoms with Gasteiger partial charge in [0.15, 0.2) is 0 Å². The van der Waals surface area contributed by atoms with Crippen LogP contribution in [0, 0.1) is 0 Å². The van der Waals surface area contributed by atoms with Crippen LogP contribution < -0.4 is 5.32 Å². The summed E-state index contributed by atoms with van der Waals surface area (Å²) < 4.78 is 11.2. The van der Waals surface area contributed by atoms with E-state index in [4.69, 9.17) is 9.47 Å². The van der Waals surface area contributed by atoms with Crippen molar-refractivity contribution in [2.45, 2.75) is 64.9 Å². The molecule has 90 valence electrons. The summed E-state index contributed by atoms with van der Waals surface area (Å²) in [4.78, 5) is 0. The molecule has 0 aromatic rings. The van der Waals surface area contributed by atoms with Gasteiger partial charge in [-0.05, 0) is 40.5 Å². The molecule has 0 bridgehead atoms. The van der Waals surface area contributed by atoms with Gasteiger partial charge in [0.05, 0.1) is 18.3 Å². The monoisotopic (exact) mass is 215 g/mol. The molecule has 0 aromatic heterocycles. The Morgan fingerprint density at radius 1 is 1.33 bits per heavy atom. The standard InChI is InChI=1S/C12H25NO2/c1-5-14-11(4)8-13-12-6-9(2)15-10(3)7-12/h9-13H,5-8H2,1-4H3. The van der Waals surface area contributed by atoms with Gasteiger partial charge in [-0.25, -0.2) is 0 Å². The van der Waals surface area contributed by atoms with Crippen LogP contribution in [0.1, 0.15) is 40.5 Å². The van der Waals surface area contributed by atoms with Crippen LogP contribution in [0.5, 0.6) is 0 Å². The number of hydrogen-bond donors (Lipinski definition) is 1. The molecule has 3 heteroatoms. The number of rotatable bonds is 5. The summed E-state index contributed by atoms with van der Waals surface area (Å²) in [5.41, 5.74) is 0. The third kappa shape index (κ3) is 4.96. The van der Waals surface area contributed by atoms with E-state index in [1.54, 1.807) is 0 Å². The lowest BCUT2D eigenvalue weighted by molar-refractivity contribution is -0.0441. The minimum atomic E-state index is 0.309. The third-order valence-electron chi connectivity index (χ3n) is 2.84. The molecule has 15 heavy (non-hydrogen) atoms. The van der Waals surface area contributed by atoms with Crippen molar-refractivity contribution in [1.29, 1.82) is 0 Å². The van der Waals surface area contributed by atoms with Gasteiger partial charge in [0.2, 0.25) is 0 Å². The molecule has 1 N–H and O–H groups in total. The molecule has 1 rings (SSSR count). The average Bonchev–Trinajstić information content (AvgIpc) is 2.14. The van der Waals surface area contributed by atoms with E-state index in [0.717, 1.165) is 26.0 Å². The first-order valence-corrected chi connectivity index (χ1v) is 6.12. The van der Waals surface area contributed by atoms with Crippen molar-refractivity contribution < 1.29 is 9.47 Å². The minimum absolute atomic E-state index is 0.309. The summed E-state index contributed by atoms with van der Waals surface area (Å²) in [5, 5.41) is 3.56. The van der Waals surface area contributed by atoms with E-state index in [0.29, 0.717) is 24.4 Å². The van der Waals surface area contributed by atoms with Gasteiger partial charge in [-0.1, -0.05) is 0 Å². The van der Waals surface area contributed by atoms with E-state index < -0.39 is 0 Å². The van der Waals surface area contributed by atoms with E-state index in [-0.39, 0.29) is 0 Å². The Balaban J connectivity index is 2.20. The Morgan fingerprint density at radius 2 is 1.93 bits per heavy atom. The fourth-order valence-electron chi connectivity index (χ4n) is 2.25. The predicted octanol–water partition coefficient (Wildman–Crippen LogP) is 1.96. The smallest absolute Gasteiger partial charge is 0.0671 e. The van der Waals surface area contributed by atoms with Crippen molar-refractivity contribution in [3.63, 3.8) is 0 Å². The van der Waals surface area contributed by atoms with Crippen LogP contribution in [-0.4, -0.2) is 37.5 Å². The summed E-state index contributed by atoms with van der Waals surface area (Å²) in [6.45, 7) is 10.2. The molecule has 1 heterocycles. The number of hydrogen-bond acceptors (Lipinski definition) is 3. The summed E-state index contributed by atoms with van der Waals surface area (Å²) in [6, 6.07) is 0.589. The molecule has 0 spiro atoms. The molecule has 1 aliphatic rings. The zero-order chi connectivity index (χ0) is 11.3. The van der Waals surface area contributed by atoms with Crippen molar-refractivity contribution in [2.75, 3.05) is 13.2 Å². The molecule has 1 saturated heterocycles. The largest absolute Gasteiger partial charge is 0.377 e. The lowest BCUT2D eigenvalue weighted by Gasteiger charge is -2.33. The second-order valence-electron chi connectivity index (χ2n) is 4.60. The normalized spacial score (nSPS) is 34.0. The van der Waals surface area contributed by atoms with Crippen molar-refractivity contribution >= 4 is 0 Å². The summed E-state index contributed by atoms with van der Waals surface area (Å²) in [5.74, 6) is 0. The van der Waals surface area contributed by atoms with Gasteiger partial charge < -0.3 is 14.8 Å². The summed E-state index contributed by atoms with van der Waals surface area (Å²) in [6.07, 6.45) is 3.30. The van der Waals surface area contributed by atoms with Crippen LogP contribution in [-0.2, 0) is 9.47 Å². The Labute approximate surface area is 93.5 Å². The predicted molar refractivity (Wildman–Crippen MR) is 62.1 cm³/mol. The highest BCUT2D eigenvalue weighted by molar-refractivity contribution is 4.79. The van der Waals surface area contributed by atoms with Crippen molar-refractivity contribution in [3.05, 3.63) is 0 Å². The highest BCUT2D eigenvalue weighted by Gasteiger charge is 2.24. The van der Waals surface area contributed by atoms with Gasteiger partial charge in [0, 0.05) is 19.2 Å². The van der Waals surface area contributed by atoms with Gasteiger partial charge in [-0.3, -0.25) is 0 Å². The summed E-state index contributed by atoms with van der Waals surface area (Å²) >= 11 is 0. The van der Waals surface area contributed by atoms with Gasteiger partial charge in [-0.2, -0.15) is 0 Å². The first-order valence-electron chi connectivity index (χ1n) is 6.12. The number of nitrogens with one attached hydrogen (secondary N) is 1. The maximum absolute atomic E-state index is 5.70. The van der Waals surface area contributed by atoms with E-state index in [2.05, 4.69) is 26.1 Å². The topological polar surface area (TPSA) is 30.5 Å². The molecule has 3 unspecified atom stereocenters. The lowest BCUT2D eigenvalue weighted by atomic mass is 10.00. The maximum Gasteiger partial charge on any atom is 0.0671 e.